The monoisotopic (exact) mass is 610 g/mol. The maximum atomic E-state index is 12.6. The number of carbonyl (C=O) groups is 2. The molecule has 0 saturated carbocycles. The Hall–Kier alpha value is -5.02. The van der Waals surface area contributed by atoms with Gasteiger partial charge in [0.15, 0.2) is 13.2 Å². The Morgan fingerprint density at radius 2 is 0.733 bits per heavy atom. The molecule has 1 aliphatic heterocycles. The number of carbonyl (C=O) groups excluding carboxylic acids is 2. The van der Waals surface area contributed by atoms with Gasteiger partial charge in [-0.15, -0.1) is 0 Å². The minimum absolute atomic E-state index is 0.00858. The first-order chi connectivity index (χ1) is 22.0. The fourth-order valence-corrected chi connectivity index (χ4v) is 5.76. The van der Waals surface area contributed by atoms with E-state index in [-0.39, 0.29) is 51.1 Å². The van der Waals surface area contributed by atoms with E-state index in [2.05, 4.69) is 0 Å². The van der Waals surface area contributed by atoms with Crippen LogP contribution in [0.15, 0.2) is 72.8 Å². The molecule has 0 amide bonds. The third-order valence-electron chi connectivity index (χ3n) is 7.94. The van der Waals surface area contributed by atoms with Gasteiger partial charge >= 0.3 is 11.9 Å². The number of rotatable bonds is 0. The van der Waals surface area contributed by atoms with Gasteiger partial charge in [0, 0.05) is 25.7 Å². The predicted molar refractivity (Wildman–Crippen MR) is 164 cm³/mol. The molecule has 0 spiro atoms. The second-order valence-electron chi connectivity index (χ2n) is 11.0. The van der Waals surface area contributed by atoms with Gasteiger partial charge in [-0.25, -0.2) is 9.59 Å². The molecule has 2 aliphatic rings. The highest BCUT2D eigenvalue weighted by molar-refractivity contribution is 5.72. The summed E-state index contributed by atoms with van der Waals surface area (Å²) in [6.45, 7) is -0.398. The molecule has 1 aliphatic carbocycles. The average Bonchev–Trinajstić information content (AvgIpc) is 3.03. The number of phenols is 2. The van der Waals surface area contributed by atoms with Crippen molar-refractivity contribution in [3.8, 4) is 23.0 Å². The maximum Gasteiger partial charge on any atom is 0.344 e. The molecule has 9 nitrogen and oxygen atoms in total. The fraction of sp³-hybridized carbons (Fsp3) is 0.278. The fourth-order valence-electron chi connectivity index (χ4n) is 5.76. The quantitative estimate of drug-likeness (QED) is 0.242. The molecule has 0 saturated heterocycles. The SMILES string of the molecule is O=C1COc2c3cccc2Cc2cccc(c2O)Cc2cccc(c2OCC(=O)OCCOCCO1)Cc1cccc(c1O)C3. The van der Waals surface area contributed by atoms with Gasteiger partial charge in [0.05, 0.1) is 13.2 Å². The molecule has 9 heteroatoms. The van der Waals surface area contributed by atoms with E-state index in [1.807, 2.05) is 72.8 Å². The van der Waals surface area contributed by atoms with E-state index in [1.54, 1.807) is 0 Å². The van der Waals surface area contributed by atoms with Gasteiger partial charge in [0.25, 0.3) is 0 Å². The minimum atomic E-state index is -0.571. The Kier molecular flexibility index (Phi) is 9.17. The van der Waals surface area contributed by atoms with Crippen LogP contribution < -0.4 is 9.47 Å². The summed E-state index contributed by atoms with van der Waals surface area (Å²) < 4.78 is 28.2. The van der Waals surface area contributed by atoms with E-state index < -0.39 is 11.9 Å². The van der Waals surface area contributed by atoms with Crippen LogP contribution >= 0.6 is 0 Å². The van der Waals surface area contributed by atoms with E-state index in [0.717, 1.165) is 22.3 Å². The molecule has 6 rings (SSSR count). The molecule has 0 radical (unpaired) electrons. The molecule has 1 heterocycles. The number of aromatic hydroxyl groups is 2. The van der Waals surface area contributed by atoms with Gasteiger partial charge in [0.2, 0.25) is 0 Å². The van der Waals surface area contributed by atoms with Gasteiger partial charge in [-0.1, -0.05) is 72.8 Å². The second kappa shape index (κ2) is 13.7. The molecule has 0 aromatic heterocycles. The van der Waals surface area contributed by atoms with E-state index >= 15 is 0 Å². The Labute approximate surface area is 260 Å². The molecule has 10 bridgehead atoms. The highest BCUT2D eigenvalue weighted by Crippen LogP contribution is 2.38. The number of benzene rings is 4. The molecule has 0 atom stereocenters. The van der Waals surface area contributed by atoms with Crippen molar-refractivity contribution in [1.82, 2.24) is 0 Å². The van der Waals surface area contributed by atoms with Crippen LogP contribution in [0.1, 0.15) is 44.5 Å². The van der Waals surface area contributed by atoms with E-state index in [4.69, 9.17) is 23.7 Å². The van der Waals surface area contributed by atoms with Crippen molar-refractivity contribution < 1.29 is 43.5 Å². The van der Waals surface area contributed by atoms with Gasteiger partial charge in [0.1, 0.15) is 36.2 Å². The first-order valence-electron chi connectivity index (χ1n) is 14.9. The summed E-state index contributed by atoms with van der Waals surface area (Å²) in [7, 11) is 0. The summed E-state index contributed by atoms with van der Waals surface area (Å²) in [6.07, 6.45) is 1.31. The minimum Gasteiger partial charge on any atom is -0.507 e. The lowest BCUT2D eigenvalue weighted by Crippen LogP contribution is -2.21. The molecule has 0 fully saturated rings. The summed E-state index contributed by atoms with van der Waals surface area (Å²) in [4.78, 5) is 25.2. The third-order valence-corrected chi connectivity index (χ3v) is 7.94. The second-order valence-corrected chi connectivity index (χ2v) is 11.0. The highest BCUT2D eigenvalue weighted by atomic mass is 16.6. The predicted octanol–water partition coefficient (Wildman–Crippen LogP) is 4.65. The lowest BCUT2D eigenvalue weighted by molar-refractivity contribution is -0.149. The normalized spacial score (nSPS) is 16.0. The van der Waals surface area contributed by atoms with Crippen molar-refractivity contribution in [2.75, 3.05) is 39.6 Å². The topological polar surface area (TPSA) is 121 Å². The number of fused-ring (bicyclic) bond motifs is 2. The number of para-hydroxylation sites is 4. The van der Waals surface area contributed by atoms with Crippen molar-refractivity contribution in [2.45, 2.75) is 25.7 Å². The molecular formula is C36H34O9. The van der Waals surface area contributed by atoms with E-state index in [0.29, 0.717) is 59.4 Å². The Morgan fingerprint density at radius 1 is 0.422 bits per heavy atom. The first-order valence-corrected chi connectivity index (χ1v) is 14.9. The van der Waals surface area contributed by atoms with Crippen LogP contribution in [0.4, 0.5) is 0 Å². The lowest BCUT2D eigenvalue weighted by Gasteiger charge is -2.20. The summed E-state index contributed by atoms with van der Waals surface area (Å²) >= 11 is 0. The van der Waals surface area contributed by atoms with Crippen molar-refractivity contribution in [1.29, 1.82) is 0 Å². The van der Waals surface area contributed by atoms with Crippen molar-refractivity contribution in [2.24, 2.45) is 0 Å². The summed E-state index contributed by atoms with van der Waals surface area (Å²) in [5, 5.41) is 23.0. The third kappa shape index (κ3) is 7.05. The molecule has 45 heavy (non-hydrogen) atoms. The van der Waals surface area contributed by atoms with Crippen LogP contribution in [0.5, 0.6) is 23.0 Å². The van der Waals surface area contributed by atoms with Gasteiger partial charge in [-0.3, -0.25) is 0 Å². The molecular weight excluding hydrogens is 576 g/mol. The number of hydrogen-bond donors (Lipinski definition) is 2. The molecule has 232 valence electrons. The van der Waals surface area contributed by atoms with Gasteiger partial charge in [-0.2, -0.15) is 0 Å². The Bertz CT molecular complexity index is 1500. The van der Waals surface area contributed by atoms with Crippen molar-refractivity contribution in [3.05, 3.63) is 117 Å². The highest BCUT2D eigenvalue weighted by Gasteiger charge is 2.21. The Morgan fingerprint density at radius 3 is 1.07 bits per heavy atom. The summed E-state index contributed by atoms with van der Waals surface area (Å²) in [5.41, 5.74) is 5.78. The molecule has 2 N–H and O–H groups in total. The van der Waals surface area contributed by atoms with Crippen LogP contribution in [-0.2, 0) is 49.5 Å². The van der Waals surface area contributed by atoms with Crippen LogP contribution in [0.2, 0.25) is 0 Å². The number of hydrogen-bond acceptors (Lipinski definition) is 9. The molecule has 0 unspecified atom stereocenters. The van der Waals surface area contributed by atoms with Gasteiger partial charge < -0.3 is 33.9 Å². The van der Waals surface area contributed by atoms with E-state index in [9.17, 15) is 19.8 Å². The number of phenolic OH excluding ortho intramolecular Hbond substituents is 2. The van der Waals surface area contributed by atoms with Crippen molar-refractivity contribution in [3.63, 3.8) is 0 Å². The number of esters is 2. The zero-order chi connectivity index (χ0) is 31.2. The van der Waals surface area contributed by atoms with Gasteiger partial charge in [-0.05, 0) is 44.5 Å². The lowest BCUT2D eigenvalue weighted by atomic mass is 9.91. The Balaban J connectivity index is 1.51. The van der Waals surface area contributed by atoms with Crippen molar-refractivity contribution >= 4 is 11.9 Å². The first kappa shape index (κ1) is 30.0. The van der Waals surface area contributed by atoms with Crippen LogP contribution in [-0.4, -0.2) is 61.8 Å². The summed E-state index contributed by atoms with van der Waals surface area (Å²) in [6, 6.07) is 22.6. The molecule has 4 aromatic carbocycles. The van der Waals surface area contributed by atoms with Crippen LogP contribution in [0.25, 0.3) is 0 Å². The van der Waals surface area contributed by atoms with Crippen LogP contribution in [0, 0.1) is 0 Å². The van der Waals surface area contributed by atoms with Crippen LogP contribution in [0.3, 0.4) is 0 Å². The standard InChI is InChI=1S/C36H34O9/c37-31-21-44-35-27-9-3-11-29(35)19-25-7-2-8-26(34(25)40)20-30-12-4-10-28(18-24-6-1-5-23(17-27)33(24)39)36(30)45-22-32(38)43-16-14-41-13-15-42-31/h1-12,39-40H,13-22H2. The average molecular weight is 611 g/mol. The smallest absolute Gasteiger partial charge is 0.344 e. The zero-order valence-corrected chi connectivity index (χ0v) is 24.8. The number of ether oxygens (including phenoxy) is 5. The zero-order valence-electron chi connectivity index (χ0n) is 24.8. The van der Waals surface area contributed by atoms with E-state index in [1.165, 1.54) is 0 Å². The molecule has 4 aromatic rings. The largest absolute Gasteiger partial charge is 0.507 e. The summed E-state index contributed by atoms with van der Waals surface area (Å²) in [5.74, 6) is 0.134. The maximum absolute atomic E-state index is 12.6. The number of cyclic esters (lactones) is 2.